The Labute approximate surface area is 173 Å². The average molecular weight is 409 g/mol. The monoisotopic (exact) mass is 409 g/mol. The van der Waals surface area contributed by atoms with E-state index in [-0.39, 0.29) is 5.69 Å². The number of allylic oxidation sites excluding steroid dienone is 1. The Hall–Kier alpha value is -3.46. The highest BCUT2D eigenvalue weighted by Crippen LogP contribution is 2.46. The van der Waals surface area contributed by atoms with Crippen molar-refractivity contribution in [2.45, 2.75) is 25.8 Å². The number of nitro benzene ring substituents is 1. The van der Waals surface area contributed by atoms with E-state index >= 15 is 0 Å². The summed E-state index contributed by atoms with van der Waals surface area (Å²) in [6, 6.07) is 6.26. The van der Waals surface area contributed by atoms with Crippen LogP contribution in [0.2, 0.25) is 0 Å². The van der Waals surface area contributed by atoms with Gasteiger partial charge in [0.25, 0.3) is 5.69 Å². The number of esters is 1. The molecular formula is C21H23N5O4. The maximum atomic E-state index is 12.7. The number of hydrogen-bond donors (Lipinski definition) is 2. The van der Waals surface area contributed by atoms with Gasteiger partial charge in [-0.2, -0.15) is 0 Å². The summed E-state index contributed by atoms with van der Waals surface area (Å²) in [6.45, 7) is 3.30. The highest BCUT2D eigenvalue weighted by Gasteiger charge is 2.37. The molecule has 9 nitrogen and oxygen atoms in total. The Morgan fingerprint density at radius 1 is 1.43 bits per heavy atom. The van der Waals surface area contributed by atoms with Gasteiger partial charge in [0, 0.05) is 60.1 Å². The first-order valence-corrected chi connectivity index (χ1v) is 9.62. The Kier molecular flexibility index (Phi) is 4.90. The minimum atomic E-state index is -0.626. The van der Waals surface area contributed by atoms with E-state index in [4.69, 9.17) is 15.5 Å². The lowest BCUT2D eigenvalue weighted by molar-refractivity contribution is -0.384. The standard InChI is InChI=1S/C21H23N5O4/c1-11-16(21(27)30-3)17(12-5-4-6-13(9-12)26(28)29)18-19(22)14-10-25(2)8-7-15(14)24-20(18)23-11/h4-6,9,17H,7-8,10H2,1-3H3,(H3,22,23,24). The van der Waals surface area contributed by atoms with Gasteiger partial charge < -0.3 is 20.7 Å². The molecule has 9 heteroatoms. The predicted octanol–water partition coefficient (Wildman–Crippen LogP) is 2.56. The summed E-state index contributed by atoms with van der Waals surface area (Å²) in [5.41, 5.74) is 11.2. The first-order valence-electron chi connectivity index (χ1n) is 9.62. The van der Waals surface area contributed by atoms with Crippen molar-refractivity contribution < 1.29 is 14.5 Å². The molecule has 1 aromatic heterocycles. The molecule has 2 aromatic rings. The number of likely N-dealkylation sites (N-methyl/N-ethyl adjacent to an activating group) is 1. The number of non-ortho nitro benzene ring substituents is 1. The summed E-state index contributed by atoms with van der Waals surface area (Å²) in [6.07, 6.45) is 0.777. The Morgan fingerprint density at radius 2 is 2.20 bits per heavy atom. The zero-order valence-electron chi connectivity index (χ0n) is 17.1. The SMILES string of the molecule is COC(=O)C1=C(C)Nc2nc3c(c(N)c2C1c1cccc([N+](=O)[O-])c1)CN(C)CC3. The number of ether oxygens (including phenoxy) is 1. The molecule has 1 atom stereocenters. The molecule has 1 aromatic carbocycles. The Morgan fingerprint density at radius 3 is 2.90 bits per heavy atom. The summed E-state index contributed by atoms with van der Waals surface area (Å²) in [5, 5.41) is 14.6. The highest BCUT2D eigenvalue weighted by atomic mass is 16.6. The third kappa shape index (κ3) is 3.17. The van der Waals surface area contributed by atoms with Gasteiger partial charge in [-0.15, -0.1) is 0 Å². The van der Waals surface area contributed by atoms with Crippen LogP contribution in [0.5, 0.6) is 0 Å². The number of methoxy groups -OCH3 is 1. The van der Waals surface area contributed by atoms with Crippen LogP contribution in [-0.2, 0) is 22.5 Å². The molecular weight excluding hydrogens is 386 g/mol. The summed E-state index contributed by atoms with van der Waals surface area (Å²) in [7, 11) is 3.33. The number of aromatic nitrogens is 1. The number of pyridine rings is 1. The molecule has 1 unspecified atom stereocenters. The summed E-state index contributed by atoms with van der Waals surface area (Å²) < 4.78 is 5.03. The fourth-order valence-corrected chi connectivity index (χ4v) is 4.26. The average Bonchev–Trinajstić information content (AvgIpc) is 2.73. The molecule has 0 amide bonds. The minimum Gasteiger partial charge on any atom is -0.466 e. The topological polar surface area (TPSA) is 124 Å². The Bertz CT molecular complexity index is 1100. The number of hydrogen-bond acceptors (Lipinski definition) is 8. The van der Waals surface area contributed by atoms with E-state index in [1.165, 1.54) is 19.2 Å². The molecule has 0 saturated heterocycles. The van der Waals surface area contributed by atoms with Gasteiger partial charge in [0.2, 0.25) is 0 Å². The summed E-state index contributed by atoms with van der Waals surface area (Å²) in [4.78, 5) is 30.6. The van der Waals surface area contributed by atoms with Crippen LogP contribution in [0.25, 0.3) is 0 Å². The summed E-state index contributed by atoms with van der Waals surface area (Å²) >= 11 is 0. The molecule has 2 aliphatic heterocycles. The fraction of sp³-hybridized carbons (Fsp3) is 0.333. The van der Waals surface area contributed by atoms with Crippen molar-refractivity contribution in [3.63, 3.8) is 0 Å². The molecule has 2 aliphatic rings. The van der Waals surface area contributed by atoms with Crippen LogP contribution in [0.4, 0.5) is 17.2 Å². The van der Waals surface area contributed by atoms with Crippen molar-refractivity contribution in [2.24, 2.45) is 0 Å². The maximum absolute atomic E-state index is 12.7. The number of carbonyl (C=O) groups excluding carboxylic acids is 1. The van der Waals surface area contributed by atoms with Crippen molar-refractivity contribution in [3.8, 4) is 0 Å². The smallest absolute Gasteiger partial charge is 0.336 e. The number of nitrogens with zero attached hydrogens (tertiary/aromatic N) is 3. The predicted molar refractivity (Wildman–Crippen MR) is 112 cm³/mol. The number of nitro groups is 1. The van der Waals surface area contributed by atoms with Crippen LogP contribution in [0, 0.1) is 10.1 Å². The fourth-order valence-electron chi connectivity index (χ4n) is 4.26. The van der Waals surface area contributed by atoms with Gasteiger partial charge in [0.15, 0.2) is 0 Å². The lowest BCUT2D eigenvalue weighted by atomic mass is 9.79. The van der Waals surface area contributed by atoms with E-state index in [1.54, 1.807) is 19.1 Å². The molecule has 156 valence electrons. The number of carbonyl (C=O) groups is 1. The van der Waals surface area contributed by atoms with Crippen LogP contribution in [0.15, 0.2) is 35.5 Å². The molecule has 0 spiro atoms. The zero-order valence-corrected chi connectivity index (χ0v) is 17.1. The number of anilines is 2. The second kappa shape index (κ2) is 7.42. The maximum Gasteiger partial charge on any atom is 0.336 e. The first-order chi connectivity index (χ1) is 14.3. The molecule has 0 radical (unpaired) electrons. The van der Waals surface area contributed by atoms with Crippen molar-refractivity contribution in [3.05, 3.63) is 68.0 Å². The van der Waals surface area contributed by atoms with Gasteiger partial charge in [-0.1, -0.05) is 12.1 Å². The van der Waals surface area contributed by atoms with Gasteiger partial charge in [-0.25, -0.2) is 9.78 Å². The largest absolute Gasteiger partial charge is 0.466 e. The molecule has 0 fully saturated rings. The summed E-state index contributed by atoms with van der Waals surface area (Å²) in [5.74, 6) is -0.563. The normalized spacial score (nSPS) is 18.3. The quantitative estimate of drug-likeness (QED) is 0.450. The molecule has 0 aliphatic carbocycles. The lowest BCUT2D eigenvalue weighted by Crippen LogP contribution is -2.31. The molecule has 0 bridgehead atoms. The van der Waals surface area contributed by atoms with E-state index in [9.17, 15) is 14.9 Å². The Balaban J connectivity index is 1.98. The first kappa shape index (κ1) is 19.8. The number of nitrogen functional groups attached to an aromatic ring is 1. The lowest BCUT2D eigenvalue weighted by Gasteiger charge is -2.34. The van der Waals surface area contributed by atoms with Crippen LogP contribution in [0.1, 0.15) is 35.2 Å². The van der Waals surface area contributed by atoms with Crippen LogP contribution in [-0.4, -0.2) is 41.5 Å². The number of rotatable bonds is 3. The van der Waals surface area contributed by atoms with Gasteiger partial charge in [-0.3, -0.25) is 10.1 Å². The van der Waals surface area contributed by atoms with Crippen LogP contribution >= 0.6 is 0 Å². The highest BCUT2D eigenvalue weighted by molar-refractivity contribution is 5.95. The minimum absolute atomic E-state index is 0.0568. The van der Waals surface area contributed by atoms with E-state index in [1.807, 2.05) is 7.05 Å². The van der Waals surface area contributed by atoms with E-state index < -0.39 is 16.8 Å². The van der Waals surface area contributed by atoms with Crippen LogP contribution in [0.3, 0.4) is 0 Å². The molecule has 3 heterocycles. The van der Waals surface area contributed by atoms with Crippen molar-refractivity contribution in [1.82, 2.24) is 9.88 Å². The second-order valence-corrected chi connectivity index (χ2v) is 7.64. The number of fused-ring (bicyclic) bond motifs is 2. The van der Waals surface area contributed by atoms with Gasteiger partial charge in [-0.05, 0) is 19.5 Å². The molecule has 0 saturated carbocycles. The van der Waals surface area contributed by atoms with E-state index in [0.29, 0.717) is 40.4 Å². The number of benzene rings is 1. The third-order valence-corrected chi connectivity index (χ3v) is 5.73. The third-order valence-electron chi connectivity index (χ3n) is 5.73. The number of nitrogens with one attached hydrogen (secondary N) is 1. The second-order valence-electron chi connectivity index (χ2n) is 7.64. The van der Waals surface area contributed by atoms with Crippen molar-refractivity contribution in [2.75, 3.05) is 31.8 Å². The van der Waals surface area contributed by atoms with Gasteiger partial charge >= 0.3 is 5.97 Å². The van der Waals surface area contributed by atoms with Gasteiger partial charge in [0.05, 0.1) is 23.3 Å². The van der Waals surface area contributed by atoms with E-state index in [2.05, 4.69) is 10.2 Å². The molecule has 3 N–H and O–H groups in total. The zero-order chi connectivity index (χ0) is 21.6. The van der Waals surface area contributed by atoms with Gasteiger partial charge in [0.1, 0.15) is 5.82 Å². The van der Waals surface area contributed by atoms with Crippen molar-refractivity contribution in [1.29, 1.82) is 0 Å². The molecule has 30 heavy (non-hydrogen) atoms. The molecule has 4 rings (SSSR count). The van der Waals surface area contributed by atoms with Crippen LogP contribution < -0.4 is 11.1 Å². The van der Waals surface area contributed by atoms with Crippen molar-refractivity contribution >= 4 is 23.2 Å². The number of nitrogens with two attached hydrogens (primary N) is 1. The van der Waals surface area contributed by atoms with E-state index in [0.717, 1.165) is 24.2 Å².